The van der Waals surface area contributed by atoms with Gasteiger partial charge in [-0.25, -0.2) is 4.79 Å². The zero-order valence-corrected chi connectivity index (χ0v) is 24.3. The maximum atomic E-state index is 13.3. The lowest BCUT2D eigenvalue weighted by Crippen LogP contribution is -2.81. The van der Waals surface area contributed by atoms with Gasteiger partial charge in [0.15, 0.2) is 0 Å². The van der Waals surface area contributed by atoms with E-state index in [4.69, 9.17) is 18.9 Å². The maximum Gasteiger partial charge on any atom is 0.338 e. The van der Waals surface area contributed by atoms with Crippen LogP contribution in [0.2, 0.25) is 0 Å². The number of rotatable bonds is 7. The molecular weight excluding hydrogens is 530 g/mol. The third-order valence-corrected chi connectivity index (χ3v) is 12.7. The minimum Gasteiger partial charge on any atom is -0.497 e. The number of nitrogens with zero attached hydrogens (tertiary/aromatic N) is 1. The molecule has 0 unspecified atom stereocenters. The van der Waals surface area contributed by atoms with Gasteiger partial charge in [-0.1, -0.05) is 6.92 Å². The van der Waals surface area contributed by atoms with Crippen LogP contribution in [0.15, 0.2) is 24.3 Å². The number of piperidine rings is 1. The highest BCUT2D eigenvalue weighted by Gasteiger charge is 2.90. The quantitative estimate of drug-likeness (QED) is 0.349. The summed E-state index contributed by atoms with van der Waals surface area (Å²) in [5.74, 6) is -1.60. The number of likely N-dealkylation sites (tertiary alicyclic amines) is 1. The van der Waals surface area contributed by atoms with Gasteiger partial charge in [-0.15, -0.1) is 0 Å². The van der Waals surface area contributed by atoms with E-state index in [1.165, 1.54) is 0 Å². The second-order valence-corrected chi connectivity index (χ2v) is 13.7. The summed E-state index contributed by atoms with van der Waals surface area (Å²) in [7, 11) is 4.89. The fourth-order valence-electron chi connectivity index (χ4n) is 11.4. The Morgan fingerprint density at radius 1 is 1.00 bits per heavy atom. The van der Waals surface area contributed by atoms with Gasteiger partial charge in [-0.2, -0.15) is 0 Å². The molecule has 0 radical (unpaired) electrons. The second-order valence-electron chi connectivity index (χ2n) is 13.7. The average Bonchev–Trinajstić information content (AvgIpc) is 3.31. The first-order valence-corrected chi connectivity index (χ1v) is 15.0. The Bertz CT molecular complexity index is 1230. The molecule has 6 aliphatic rings. The molecule has 7 rings (SSSR count). The molecule has 4 N–H and O–H groups in total. The van der Waals surface area contributed by atoms with Crippen LogP contribution in [0.3, 0.4) is 0 Å². The molecule has 1 aromatic rings. The van der Waals surface area contributed by atoms with Gasteiger partial charge in [-0.05, 0) is 62.4 Å². The van der Waals surface area contributed by atoms with E-state index in [0.717, 1.165) is 19.4 Å². The molecule has 7 bridgehead atoms. The molecule has 1 aliphatic heterocycles. The molecule has 0 amide bonds. The smallest absolute Gasteiger partial charge is 0.338 e. The van der Waals surface area contributed by atoms with E-state index >= 15 is 0 Å². The maximum absolute atomic E-state index is 13.3. The van der Waals surface area contributed by atoms with E-state index in [1.54, 1.807) is 45.6 Å². The van der Waals surface area contributed by atoms with Crippen LogP contribution in [0.4, 0.5) is 0 Å². The lowest BCUT2D eigenvalue weighted by atomic mass is 9.41. The minimum atomic E-state index is -1.77. The highest BCUT2D eigenvalue weighted by Crippen LogP contribution is 2.80. The van der Waals surface area contributed by atoms with Crippen molar-refractivity contribution >= 4 is 5.97 Å². The van der Waals surface area contributed by atoms with Gasteiger partial charge >= 0.3 is 5.97 Å². The van der Waals surface area contributed by atoms with Crippen molar-refractivity contribution < 1.29 is 44.2 Å². The first kappa shape index (κ1) is 28.0. The number of methoxy groups -OCH3 is 3. The largest absolute Gasteiger partial charge is 0.497 e. The highest BCUT2D eigenvalue weighted by molar-refractivity contribution is 5.89. The Labute approximate surface area is 240 Å². The molecule has 12 atom stereocenters. The molecule has 226 valence electrons. The molecule has 10 nitrogen and oxygen atoms in total. The van der Waals surface area contributed by atoms with Crippen molar-refractivity contribution in [2.45, 2.75) is 80.2 Å². The number of fused-ring (bicyclic) bond motifs is 2. The van der Waals surface area contributed by atoms with Gasteiger partial charge in [0.25, 0.3) is 0 Å². The summed E-state index contributed by atoms with van der Waals surface area (Å²) in [4.78, 5) is 15.7. The third-order valence-electron chi connectivity index (χ3n) is 12.7. The van der Waals surface area contributed by atoms with Crippen LogP contribution in [0.5, 0.6) is 5.75 Å². The molecule has 10 heteroatoms. The summed E-state index contributed by atoms with van der Waals surface area (Å²) in [5.41, 5.74) is -5.58. The molecule has 0 aromatic heterocycles. The predicted molar refractivity (Wildman–Crippen MR) is 145 cm³/mol. The number of benzene rings is 1. The third kappa shape index (κ3) is 3.05. The first-order chi connectivity index (χ1) is 19.5. The van der Waals surface area contributed by atoms with Gasteiger partial charge in [0.2, 0.25) is 0 Å². The van der Waals surface area contributed by atoms with E-state index in [1.807, 2.05) is 0 Å². The van der Waals surface area contributed by atoms with E-state index in [9.17, 15) is 25.2 Å². The Hall–Kier alpha value is -1.79. The van der Waals surface area contributed by atoms with Crippen molar-refractivity contribution in [1.82, 2.24) is 4.90 Å². The van der Waals surface area contributed by atoms with Gasteiger partial charge in [0.1, 0.15) is 17.5 Å². The van der Waals surface area contributed by atoms with Crippen molar-refractivity contribution in [1.29, 1.82) is 0 Å². The molecule has 1 heterocycles. The molecular formula is C31H43NO9. The number of hydrogen-bond donors (Lipinski definition) is 4. The Kier molecular flexibility index (Phi) is 6.06. The standard InChI is InChI=1S/C31H43NO9/c1-5-32-15-27(16-38-2)11-10-21(40-4)31-19-12-29(36)22(41-26(34)17-6-8-18(39-3)9-7-17)14-28(35,23(19)25(29)33)20(24(31)32)13-30(27,31)37/h6-9,19-25,33,35-37H,5,10-16H2,1-4H3/t19-,20-,21-,22-,23-,24+,25+,27-,28+,29+,30-,31+/m1/s1. The van der Waals surface area contributed by atoms with Gasteiger partial charge in [0.05, 0.1) is 42.7 Å². The minimum absolute atomic E-state index is 0.0105. The first-order valence-electron chi connectivity index (χ1n) is 15.0. The summed E-state index contributed by atoms with van der Waals surface area (Å²) in [6.45, 7) is 3.84. The van der Waals surface area contributed by atoms with Crippen LogP contribution in [0, 0.1) is 28.6 Å². The average molecular weight is 574 g/mol. The SMILES string of the molecule is CCN1C[C@@]2(COC)CC[C@@H](OC)[C@]34[C@@H]5C[C@]6(O)[C@H](OC(=O)c7ccc(OC)cc7)C[C@@](O)([C@H]5[C@@H]6O)[C@H](C[C@@]23O)[C@H]14. The topological polar surface area (TPSA) is 138 Å². The molecule has 41 heavy (non-hydrogen) atoms. The lowest BCUT2D eigenvalue weighted by Gasteiger charge is -2.71. The monoisotopic (exact) mass is 573 g/mol. The molecule has 5 saturated carbocycles. The Balaban J connectivity index is 1.34. The predicted octanol–water partition coefficient (Wildman–Crippen LogP) is 0.980. The van der Waals surface area contributed by atoms with Crippen molar-refractivity contribution in [3.63, 3.8) is 0 Å². The van der Waals surface area contributed by atoms with Crippen molar-refractivity contribution in [2.24, 2.45) is 28.6 Å². The summed E-state index contributed by atoms with van der Waals surface area (Å²) >= 11 is 0. The normalized spacial score (nSPS) is 51.0. The number of esters is 1. The second kappa shape index (κ2) is 8.87. The van der Waals surface area contributed by atoms with Crippen LogP contribution in [-0.4, -0.2) is 113 Å². The zero-order chi connectivity index (χ0) is 29.2. The van der Waals surface area contributed by atoms with Gasteiger partial charge in [-0.3, -0.25) is 4.90 Å². The van der Waals surface area contributed by atoms with Crippen LogP contribution in [0.1, 0.15) is 49.4 Å². The Morgan fingerprint density at radius 3 is 2.37 bits per heavy atom. The van der Waals surface area contributed by atoms with Crippen molar-refractivity contribution in [3.8, 4) is 5.75 Å². The molecule has 1 aromatic carbocycles. The van der Waals surface area contributed by atoms with Crippen LogP contribution in [0.25, 0.3) is 0 Å². The summed E-state index contributed by atoms with van der Waals surface area (Å²) in [6.07, 6.45) is -0.914. The number of carbonyl (C=O) groups is 1. The number of aliphatic hydroxyl groups excluding tert-OH is 1. The summed E-state index contributed by atoms with van der Waals surface area (Å²) in [5, 5.41) is 49.8. The van der Waals surface area contributed by atoms with Crippen molar-refractivity contribution in [3.05, 3.63) is 29.8 Å². The van der Waals surface area contributed by atoms with E-state index < -0.39 is 63.6 Å². The van der Waals surface area contributed by atoms with E-state index in [0.29, 0.717) is 25.3 Å². The lowest BCUT2D eigenvalue weighted by molar-refractivity contribution is -0.325. The zero-order valence-electron chi connectivity index (χ0n) is 24.3. The fourth-order valence-corrected chi connectivity index (χ4v) is 11.4. The molecule has 6 fully saturated rings. The summed E-state index contributed by atoms with van der Waals surface area (Å²) < 4.78 is 23.2. The van der Waals surface area contributed by atoms with E-state index in [-0.39, 0.29) is 30.6 Å². The van der Waals surface area contributed by atoms with Crippen molar-refractivity contribution in [2.75, 3.05) is 41.0 Å². The fraction of sp³-hybridized carbons (Fsp3) is 0.774. The van der Waals surface area contributed by atoms with Gasteiger partial charge in [0, 0.05) is 55.9 Å². The molecule has 5 aliphatic carbocycles. The van der Waals surface area contributed by atoms with Crippen LogP contribution >= 0.6 is 0 Å². The molecule has 1 spiro atoms. The van der Waals surface area contributed by atoms with Gasteiger partial charge < -0.3 is 39.4 Å². The van der Waals surface area contributed by atoms with Crippen LogP contribution < -0.4 is 4.74 Å². The number of aliphatic hydroxyl groups is 4. The summed E-state index contributed by atoms with van der Waals surface area (Å²) in [6, 6.07) is 6.28. The molecule has 1 saturated heterocycles. The number of ether oxygens (including phenoxy) is 4. The van der Waals surface area contributed by atoms with E-state index in [2.05, 4.69) is 11.8 Å². The van der Waals surface area contributed by atoms with Crippen LogP contribution in [-0.2, 0) is 14.2 Å². The number of carbonyl (C=O) groups excluding carboxylic acids is 1. The number of hydrogen-bond acceptors (Lipinski definition) is 10. The highest BCUT2D eigenvalue weighted by atomic mass is 16.6. The Morgan fingerprint density at radius 2 is 1.73 bits per heavy atom.